The zero-order chi connectivity index (χ0) is 22.6. The molecule has 4 rings (SSSR count). The van der Waals surface area contributed by atoms with Gasteiger partial charge in [0.15, 0.2) is 0 Å². The van der Waals surface area contributed by atoms with E-state index in [4.69, 9.17) is 16.0 Å². The molecule has 0 radical (unpaired) electrons. The van der Waals surface area contributed by atoms with E-state index in [1.54, 1.807) is 0 Å². The third-order valence-corrected chi connectivity index (χ3v) is 4.93. The Kier molecular flexibility index (Phi) is 4.88. The average molecular weight is 458 g/mol. The first-order chi connectivity index (χ1) is 14.4. The van der Waals surface area contributed by atoms with E-state index in [-0.39, 0.29) is 33.9 Å². The molecule has 1 N–H and O–H groups in total. The standard InChI is InChI=1S/C21H10ClF6NO2/c22-16-5-1-10(7-15(16)21(26,27)28)18-6-3-12(31-18)9-14-13-4-2-11(20(23,24)25)8-17(13)29-19(14)30/h1-9H,(H,29,30)/b14-9-. The van der Waals surface area contributed by atoms with Gasteiger partial charge in [-0.05, 0) is 48.5 Å². The van der Waals surface area contributed by atoms with Gasteiger partial charge in [-0.3, -0.25) is 4.79 Å². The first-order valence-electron chi connectivity index (χ1n) is 8.65. The van der Waals surface area contributed by atoms with Crippen LogP contribution in [-0.4, -0.2) is 5.91 Å². The van der Waals surface area contributed by atoms with Crippen LogP contribution in [0.15, 0.2) is 52.9 Å². The monoisotopic (exact) mass is 457 g/mol. The maximum atomic E-state index is 13.1. The first-order valence-corrected chi connectivity index (χ1v) is 9.03. The molecular weight excluding hydrogens is 448 g/mol. The van der Waals surface area contributed by atoms with E-state index < -0.39 is 34.4 Å². The molecule has 0 fully saturated rings. The predicted octanol–water partition coefficient (Wildman–Crippen LogP) is 7.13. The van der Waals surface area contributed by atoms with E-state index >= 15 is 0 Å². The Balaban J connectivity index is 1.68. The Bertz CT molecular complexity index is 1220. The van der Waals surface area contributed by atoms with Crippen molar-refractivity contribution in [3.05, 3.63) is 76.0 Å². The second-order valence-electron chi connectivity index (χ2n) is 6.66. The van der Waals surface area contributed by atoms with Crippen LogP contribution in [-0.2, 0) is 17.1 Å². The van der Waals surface area contributed by atoms with E-state index in [1.807, 2.05) is 0 Å². The lowest BCUT2D eigenvalue weighted by Crippen LogP contribution is -2.06. The summed E-state index contributed by atoms with van der Waals surface area (Å²) in [7, 11) is 0. The van der Waals surface area contributed by atoms with Crippen LogP contribution in [0, 0.1) is 0 Å². The highest BCUT2D eigenvalue weighted by Gasteiger charge is 2.34. The zero-order valence-electron chi connectivity index (χ0n) is 15.2. The van der Waals surface area contributed by atoms with Crippen molar-refractivity contribution in [2.45, 2.75) is 12.4 Å². The molecule has 0 spiro atoms. The van der Waals surface area contributed by atoms with Crippen molar-refractivity contribution in [1.29, 1.82) is 0 Å². The molecule has 2 heterocycles. The van der Waals surface area contributed by atoms with Crippen molar-refractivity contribution in [2.75, 3.05) is 5.32 Å². The highest BCUT2D eigenvalue weighted by Crippen LogP contribution is 2.40. The fourth-order valence-corrected chi connectivity index (χ4v) is 3.36. The molecule has 1 amide bonds. The van der Waals surface area contributed by atoms with Crippen LogP contribution in [0.3, 0.4) is 0 Å². The highest BCUT2D eigenvalue weighted by atomic mass is 35.5. The molecule has 0 aliphatic carbocycles. The van der Waals surface area contributed by atoms with Gasteiger partial charge in [0.05, 0.1) is 21.7 Å². The number of halogens is 7. The van der Waals surface area contributed by atoms with Crippen LogP contribution in [0.4, 0.5) is 32.0 Å². The van der Waals surface area contributed by atoms with E-state index in [2.05, 4.69) is 5.32 Å². The smallest absolute Gasteiger partial charge is 0.417 e. The molecule has 0 bridgehead atoms. The maximum absolute atomic E-state index is 13.1. The van der Waals surface area contributed by atoms with Crippen LogP contribution in [0.25, 0.3) is 23.0 Å². The van der Waals surface area contributed by atoms with Gasteiger partial charge < -0.3 is 9.73 Å². The summed E-state index contributed by atoms with van der Waals surface area (Å²) in [5.41, 5.74) is -1.49. The third kappa shape index (κ3) is 4.05. The number of amides is 1. The minimum Gasteiger partial charge on any atom is -0.457 e. The lowest BCUT2D eigenvalue weighted by molar-refractivity contribution is -0.138. The molecule has 10 heteroatoms. The number of benzene rings is 2. The first kappa shape index (κ1) is 21.0. The summed E-state index contributed by atoms with van der Waals surface area (Å²) in [4.78, 5) is 12.2. The SMILES string of the molecule is O=C1Nc2cc(C(F)(F)F)ccc2/C1=C/c1ccc(-c2ccc(Cl)c(C(F)(F)F)c2)o1. The molecule has 1 aromatic heterocycles. The van der Waals surface area contributed by atoms with Crippen LogP contribution in [0.5, 0.6) is 0 Å². The summed E-state index contributed by atoms with van der Waals surface area (Å²) in [6, 6.07) is 8.98. The molecule has 0 unspecified atom stereocenters. The Labute approximate surface area is 175 Å². The third-order valence-electron chi connectivity index (χ3n) is 4.60. The molecule has 3 nitrogen and oxygen atoms in total. The van der Waals surface area contributed by atoms with Crippen molar-refractivity contribution in [3.8, 4) is 11.3 Å². The van der Waals surface area contributed by atoms with Crippen molar-refractivity contribution in [2.24, 2.45) is 0 Å². The number of hydrogen-bond acceptors (Lipinski definition) is 2. The van der Waals surface area contributed by atoms with E-state index in [9.17, 15) is 31.1 Å². The molecule has 1 aliphatic heterocycles. The second-order valence-corrected chi connectivity index (χ2v) is 7.07. The van der Waals surface area contributed by atoms with E-state index in [0.717, 1.165) is 24.3 Å². The largest absolute Gasteiger partial charge is 0.457 e. The summed E-state index contributed by atoms with van der Waals surface area (Å²) < 4.78 is 83.3. The molecule has 0 saturated heterocycles. The van der Waals surface area contributed by atoms with Crippen LogP contribution in [0.1, 0.15) is 22.5 Å². The molecule has 160 valence electrons. The number of carbonyl (C=O) groups is 1. The van der Waals surface area contributed by atoms with Gasteiger partial charge in [-0.15, -0.1) is 0 Å². The lowest BCUT2D eigenvalue weighted by atomic mass is 10.0. The number of fused-ring (bicyclic) bond motifs is 1. The molecule has 31 heavy (non-hydrogen) atoms. The van der Waals surface area contributed by atoms with Crippen molar-refractivity contribution in [3.63, 3.8) is 0 Å². The molecule has 0 atom stereocenters. The van der Waals surface area contributed by atoms with Gasteiger partial charge in [0.25, 0.3) is 5.91 Å². The molecule has 3 aromatic rings. The lowest BCUT2D eigenvalue weighted by Gasteiger charge is -2.09. The fourth-order valence-electron chi connectivity index (χ4n) is 3.14. The van der Waals surface area contributed by atoms with Gasteiger partial charge in [-0.25, -0.2) is 0 Å². The fraction of sp³-hybridized carbons (Fsp3) is 0.0952. The number of anilines is 1. The van der Waals surface area contributed by atoms with Gasteiger partial charge in [0, 0.05) is 16.8 Å². The number of nitrogens with one attached hydrogen (secondary N) is 1. The van der Waals surface area contributed by atoms with Gasteiger partial charge >= 0.3 is 12.4 Å². The minimum atomic E-state index is -4.65. The minimum absolute atomic E-state index is 0.00498. The Hall–Kier alpha value is -3.20. The summed E-state index contributed by atoms with van der Waals surface area (Å²) in [5, 5.41) is 1.90. The molecular formula is C21H10ClF6NO2. The van der Waals surface area contributed by atoms with Gasteiger partial charge in [0.2, 0.25) is 0 Å². The number of carbonyl (C=O) groups excluding carboxylic acids is 1. The van der Waals surface area contributed by atoms with Crippen LogP contribution in [0.2, 0.25) is 5.02 Å². The maximum Gasteiger partial charge on any atom is 0.417 e. The topological polar surface area (TPSA) is 42.2 Å². The van der Waals surface area contributed by atoms with Crippen molar-refractivity contribution < 1.29 is 35.6 Å². The molecule has 1 aliphatic rings. The molecule has 2 aromatic carbocycles. The normalized spacial score (nSPS) is 15.3. The van der Waals surface area contributed by atoms with E-state index in [0.29, 0.717) is 0 Å². The van der Waals surface area contributed by atoms with Crippen LogP contribution >= 0.6 is 11.6 Å². The summed E-state index contributed by atoms with van der Waals surface area (Å²) in [6.07, 6.45) is -7.90. The van der Waals surface area contributed by atoms with Gasteiger partial charge in [0.1, 0.15) is 11.5 Å². The number of hydrogen-bond donors (Lipinski definition) is 1. The Morgan fingerprint density at radius 3 is 2.32 bits per heavy atom. The van der Waals surface area contributed by atoms with Crippen molar-refractivity contribution >= 4 is 34.8 Å². The zero-order valence-corrected chi connectivity index (χ0v) is 15.9. The Morgan fingerprint density at radius 1 is 0.903 bits per heavy atom. The summed E-state index contributed by atoms with van der Waals surface area (Å²) in [5.74, 6) is -0.394. The Morgan fingerprint density at radius 2 is 1.65 bits per heavy atom. The number of furan rings is 1. The predicted molar refractivity (Wildman–Crippen MR) is 102 cm³/mol. The van der Waals surface area contributed by atoms with Crippen molar-refractivity contribution in [1.82, 2.24) is 0 Å². The van der Waals surface area contributed by atoms with Crippen LogP contribution < -0.4 is 5.32 Å². The highest BCUT2D eigenvalue weighted by molar-refractivity contribution is 6.34. The van der Waals surface area contributed by atoms with E-state index in [1.165, 1.54) is 30.3 Å². The van der Waals surface area contributed by atoms with Gasteiger partial charge in [-0.2, -0.15) is 26.3 Å². The average Bonchev–Trinajstić information content (AvgIpc) is 3.25. The summed E-state index contributed by atoms with van der Waals surface area (Å²) in [6.45, 7) is 0. The second kappa shape index (κ2) is 7.19. The molecule has 0 saturated carbocycles. The number of rotatable bonds is 2. The number of alkyl halides is 6. The quantitative estimate of drug-likeness (QED) is 0.328. The summed E-state index contributed by atoms with van der Waals surface area (Å²) >= 11 is 5.62. The van der Waals surface area contributed by atoms with Gasteiger partial charge in [-0.1, -0.05) is 17.7 Å².